The van der Waals surface area contributed by atoms with Crippen molar-refractivity contribution in [3.63, 3.8) is 0 Å². The second-order valence-corrected chi connectivity index (χ2v) is 5.05. The topological polar surface area (TPSA) is 24.9 Å². The molecule has 106 valence electrons. The van der Waals surface area contributed by atoms with Gasteiger partial charge in [0.2, 0.25) is 0 Å². The Hall–Kier alpha value is -1.34. The van der Waals surface area contributed by atoms with E-state index >= 15 is 0 Å². The first-order chi connectivity index (χ1) is 9.25. The summed E-state index contributed by atoms with van der Waals surface area (Å²) in [6.07, 6.45) is -4.52. The van der Waals surface area contributed by atoms with Gasteiger partial charge in [0, 0.05) is 4.47 Å². The van der Waals surface area contributed by atoms with E-state index in [-0.39, 0.29) is 11.0 Å². The van der Waals surface area contributed by atoms with Gasteiger partial charge in [-0.1, -0.05) is 11.6 Å². The van der Waals surface area contributed by atoms with Crippen molar-refractivity contribution in [1.82, 2.24) is 4.98 Å². The molecule has 8 heteroatoms. The molecule has 2 nitrogen and oxygen atoms in total. The fourth-order valence-corrected chi connectivity index (χ4v) is 2.11. The predicted octanol–water partition coefficient (Wildman–Crippen LogP) is 5.40. The summed E-state index contributed by atoms with van der Waals surface area (Å²) < 4.78 is 51.2. The largest absolute Gasteiger partial charge is 0.416 e. The Morgan fingerprint density at radius 1 is 1.15 bits per heavy atom. The van der Waals surface area contributed by atoms with Gasteiger partial charge in [0.25, 0.3) is 0 Å². The number of benzene rings is 1. The van der Waals surface area contributed by atoms with Crippen molar-refractivity contribution >= 4 is 39.0 Å². The lowest BCUT2D eigenvalue weighted by Gasteiger charge is -2.11. The fourth-order valence-electron chi connectivity index (χ4n) is 1.45. The zero-order valence-corrected chi connectivity index (χ0v) is 11.9. The van der Waals surface area contributed by atoms with Crippen molar-refractivity contribution in [2.45, 2.75) is 6.18 Å². The molecule has 0 aliphatic heterocycles. The number of halogens is 6. The van der Waals surface area contributed by atoms with Gasteiger partial charge in [-0.3, -0.25) is 0 Å². The number of rotatable bonds is 2. The number of hydrogen-bond acceptors (Lipinski definition) is 2. The normalized spacial score (nSPS) is 11.5. The smallest absolute Gasteiger partial charge is 0.339 e. The zero-order chi connectivity index (χ0) is 14.9. The molecule has 2 rings (SSSR count). The summed E-state index contributed by atoms with van der Waals surface area (Å²) in [6, 6.07) is 5.27. The van der Waals surface area contributed by atoms with Crippen LogP contribution >= 0.6 is 27.5 Å². The molecule has 0 spiro atoms. The molecule has 0 radical (unpaired) electrons. The minimum Gasteiger partial charge on any atom is -0.339 e. The summed E-state index contributed by atoms with van der Waals surface area (Å²) in [7, 11) is 0. The third-order valence-corrected chi connectivity index (χ3v) is 3.16. The highest BCUT2D eigenvalue weighted by Crippen LogP contribution is 2.33. The van der Waals surface area contributed by atoms with Crippen molar-refractivity contribution < 1.29 is 17.6 Å². The number of hydrogen-bond donors (Lipinski definition) is 1. The first kappa shape index (κ1) is 15.1. The second-order valence-electron chi connectivity index (χ2n) is 3.81. The van der Waals surface area contributed by atoms with Crippen LogP contribution in [0.1, 0.15) is 5.56 Å². The van der Waals surface area contributed by atoms with Crippen LogP contribution in [-0.2, 0) is 6.18 Å². The van der Waals surface area contributed by atoms with Gasteiger partial charge in [0.05, 0.1) is 11.3 Å². The lowest BCUT2D eigenvalue weighted by atomic mass is 10.2. The highest BCUT2D eigenvalue weighted by molar-refractivity contribution is 9.10. The summed E-state index contributed by atoms with van der Waals surface area (Å²) in [5, 5.41) is 2.35. The monoisotopic (exact) mass is 368 g/mol. The Labute approximate surface area is 124 Å². The molecule has 1 heterocycles. The van der Waals surface area contributed by atoms with Gasteiger partial charge >= 0.3 is 6.18 Å². The van der Waals surface area contributed by atoms with Crippen LogP contribution < -0.4 is 5.32 Å². The maximum Gasteiger partial charge on any atom is 0.416 e. The SMILES string of the molecule is Fc1ccc(Nc2cc(C(F)(F)F)cc(Cl)n2)c(Br)c1. The van der Waals surface area contributed by atoms with Gasteiger partial charge in [0.15, 0.2) is 0 Å². The number of alkyl halides is 3. The Bertz CT molecular complexity index is 646. The summed E-state index contributed by atoms with van der Waals surface area (Å²) in [5.41, 5.74) is -0.549. The molecule has 0 fully saturated rings. The van der Waals surface area contributed by atoms with Crippen molar-refractivity contribution in [2.24, 2.45) is 0 Å². The van der Waals surface area contributed by atoms with Crippen LogP contribution in [0, 0.1) is 5.82 Å². The zero-order valence-electron chi connectivity index (χ0n) is 9.60. The molecule has 1 N–H and O–H groups in total. The number of nitrogens with zero attached hydrogens (tertiary/aromatic N) is 1. The summed E-state index contributed by atoms with van der Waals surface area (Å²) >= 11 is 8.66. The van der Waals surface area contributed by atoms with E-state index in [9.17, 15) is 17.6 Å². The molecule has 1 aromatic carbocycles. The molecule has 0 saturated carbocycles. The summed E-state index contributed by atoms with van der Waals surface area (Å²) in [5.74, 6) is -0.561. The number of nitrogens with one attached hydrogen (secondary N) is 1. The molecule has 0 bridgehead atoms. The molecule has 20 heavy (non-hydrogen) atoms. The maximum absolute atomic E-state index is 12.9. The van der Waals surface area contributed by atoms with Crippen LogP contribution in [0.2, 0.25) is 5.15 Å². The minimum absolute atomic E-state index is 0.0860. The molecule has 0 atom stereocenters. The quantitative estimate of drug-likeness (QED) is 0.566. The van der Waals surface area contributed by atoms with Crippen LogP contribution in [0.25, 0.3) is 0 Å². The average Bonchev–Trinajstić information content (AvgIpc) is 2.31. The Balaban J connectivity index is 2.36. The first-order valence-corrected chi connectivity index (χ1v) is 6.39. The third-order valence-electron chi connectivity index (χ3n) is 2.32. The van der Waals surface area contributed by atoms with Crippen LogP contribution in [0.3, 0.4) is 0 Å². The van der Waals surface area contributed by atoms with E-state index in [4.69, 9.17) is 11.6 Å². The van der Waals surface area contributed by atoms with E-state index in [0.717, 1.165) is 12.1 Å². The van der Waals surface area contributed by atoms with Gasteiger partial charge in [-0.15, -0.1) is 0 Å². The van der Waals surface area contributed by atoms with Crippen LogP contribution in [-0.4, -0.2) is 4.98 Å². The Morgan fingerprint density at radius 2 is 1.85 bits per heavy atom. The van der Waals surface area contributed by atoms with Gasteiger partial charge < -0.3 is 5.32 Å². The van der Waals surface area contributed by atoms with Crippen LogP contribution in [0.5, 0.6) is 0 Å². The summed E-state index contributed by atoms with van der Waals surface area (Å²) in [4.78, 5) is 3.75. The van der Waals surface area contributed by atoms with Gasteiger partial charge in [-0.05, 0) is 46.3 Å². The maximum atomic E-state index is 12.9. The molecular weight excluding hydrogens is 363 g/mol. The minimum atomic E-state index is -4.52. The van der Waals surface area contributed by atoms with E-state index < -0.39 is 17.6 Å². The van der Waals surface area contributed by atoms with Gasteiger partial charge in [-0.2, -0.15) is 13.2 Å². The molecule has 0 aliphatic carbocycles. The third kappa shape index (κ3) is 3.61. The molecular formula is C12H6BrClF4N2. The standard InChI is InChI=1S/C12H6BrClF4N2/c13-8-5-7(15)1-2-9(8)19-11-4-6(12(16,17)18)3-10(14)20-11/h1-5H,(H,19,20). The number of pyridine rings is 1. The summed E-state index contributed by atoms with van der Waals surface area (Å²) in [6.45, 7) is 0. The van der Waals surface area contributed by atoms with E-state index in [1.807, 2.05) is 0 Å². The molecule has 0 amide bonds. The molecule has 2 aromatic rings. The molecule has 1 aromatic heterocycles. The number of anilines is 2. The fraction of sp³-hybridized carbons (Fsp3) is 0.0833. The second kappa shape index (κ2) is 5.57. The lowest BCUT2D eigenvalue weighted by Crippen LogP contribution is -2.07. The Kier molecular flexibility index (Phi) is 4.19. The first-order valence-electron chi connectivity index (χ1n) is 5.22. The highest BCUT2D eigenvalue weighted by Gasteiger charge is 2.31. The molecule has 0 unspecified atom stereocenters. The van der Waals surface area contributed by atoms with Crippen LogP contribution in [0.15, 0.2) is 34.8 Å². The average molecular weight is 370 g/mol. The molecule has 0 aliphatic rings. The van der Waals surface area contributed by atoms with Crippen molar-refractivity contribution in [3.05, 3.63) is 51.3 Å². The van der Waals surface area contributed by atoms with Crippen molar-refractivity contribution in [3.8, 4) is 0 Å². The van der Waals surface area contributed by atoms with Crippen molar-refractivity contribution in [1.29, 1.82) is 0 Å². The van der Waals surface area contributed by atoms with E-state index in [1.54, 1.807) is 0 Å². The highest BCUT2D eigenvalue weighted by atomic mass is 79.9. The molecule has 0 saturated heterocycles. The lowest BCUT2D eigenvalue weighted by molar-refractivity contribution is -0.137. The van der Waals surface area contributed by atoms with Gasteiger partial charge in [-0.25, -0.2) is 9.37 Å². The van der Waals surface area contributed by atoms with Crippen molar-refractivity contribution in [2.75, 3.05) is 5.32 Å². The number of aromatic nitrogens is 1. The van der Waals surface area contributed by atoms with Crippen LogP contribution in [0.4, 0.5) is 29.1 Å². The Morgan fingerprint density at radius 3 is 2.45 bits per heavy atom. The van der Waals surface area contributed by atoms with E-state index in [2.05, 4.69) is 26.2 Å². The van der Waals surface area contributed by atoms with E-state index in [1.165, 1.54) is 18.2 Å². The van der Waals surface area contributed by atoms with E-state index in [0.29, 0.717) is 10.2 Å². The predicted molar refractivity (Wildman–Crippen MR) is 71.6 cm³/mol. The van der Waals surface area contributed by atoms with Gasteiger partial charge in [0.1, 0.15) is 16.8 Å².